The Bertz CT molecular complexity index is 1160. The van der Waals surface area contributed by atoms with Crippen molar-refractivity contribution in [3.63, 3.8) is 0 Å². The fourth-order valence-corrected chi connectivity index (χ4v) is 3.83. The summed E-state index contributed by atoms with van der Waals surface area (Å²) < 4.78 is 7.27. The molecule has 28 heavy (non-hydrogen) atoms. The Morgan fingerprint density at radius 2 is 2.04 bits per heavy atom. The van der Waals surface area contributed by atoms with Crippen LogP contribution in [-0.4, -0.2) is 27.2 Å². The predicted molar refractivity (Wildman–Crippen MR) is 107 cm³/mol. The highest BCUT2D eigenvalue weighted by molar-refractivity contribution is 7.19. The number of carbonyl (C=O) groups is 1. The number of aromatic nitrogens is 3. The fourth-order valence-electron chi connectivity index (χ4n) is 2.93. The van der Waals surface area contributed by atoms with Crippen LogP contribution in [-0.2, 0) is 17.8 Å². The van der Waals surface area contributed by atoms with Crippen LogP contribution in [0.25, 0.3) is 21.7 Å². The second-order valence-corrected chi connectivity index (χ2v) is 7.49. The summed E-state index contributed by atoms with van der Waals surface area (Å²) in [5.41, 5.74) is 1.58. The smallest absolute Gasteiger partial charge is 0.294 e. The zero-order valence-corrected chi connectivity index (χ0v) is 16.0. The number of rotatable bonds is 6. The molecule has 4 aromatic rings. The molecule has 0 aliphatic rings. The summed E-state index contributed by atoms with van der Waals surface area (Å²) in [6, 6.07) is 13.4. The first-order chi connectivity index (χ1) is 13.6. The molecule has 1 aromatic carbocycles. The van der Waals surface area contributed by atoms with Crippen LogP contribution in [0.1, 0.15) is 10.6 Å². The van der Waals surface area contributed by atoms with Crippen molar-refractivity contribution < 1.29 is 9.21 Å². The maximum Gasteiger partial charge on any atom is 0.294 e. The molecule has 3 aromatic heterocycles. The highest BCUT2D eigenvalue weighted by atomic mass is 32.1. The third-order valence-electron chi connectivity index (χ3n) is 4.23. The summed E-state index contributed by atoms with van der Waals surface area (Å²) in [5.74, 6) is 0.258. The Morgan fingerprint density at radius 3 is 2.79 bits per heavy atom. The second-order valence-electron chi connectivity index (χ2n) is 6.28. The van der Waals surface area contributed by atoms with E-state index in [1.807, 2.05) is 37.3 Å². The molecule has 4 rings (SSSR count). The molecular weight excluding hydrogens is 376 g/mol. The molecule has 0 bridgehead atoms. The lowest BCUT2D eigenvalue weighted by atomic mass is 10.1. The Hall–Kier alpha value is -3.26. The van der Waals surface area contributed by atoms with Gasteiger partial charge in [-0.25, -0.2) is 9.67 Å². The number of amides is 1. The minimum Gasteiger partial charge on any atom is -0.463 e. The summed E-state index contributed by atoms with van der Waals surface area (Å²) in [5, 5.41) is 7.97. The van der Waals surface area contributed by atoms with E-state index in [0.717, 1.165) is 21.7 Å². The topological polar surface area (TPSA) is 90.0 Å². The van der Waals surface area contributed by atoms with Crippen LogP contribution in [0.5, 0.6) is 0 Å². The average molecular weight is 394 g/mol. The third kappa shape index (κ3) is 3.72. The van der Waals surface area contributed by atoms with Crippen molar-refractivity contribution >= 4 is 27.5 Å². The lowest BCUT2D eigenvalue weighted by molar-refractivity contribution is -0.121. The van der Waals surface area contributed by atoms with Crippen molar-refractivity contribution in [1.82, 2.24) is 20.1 Å². The van der Waals surface area contributed by atoms with Crippen molar-refractivity contribution in [2.45, 2.75) is 19.9 Å². The number of hydrogen-bond acceptors (Lipinski definition) is 6. The number of nitrogens with zero attached hydrogens (tertiary/aromatic N) is 3. The van der Waals surface area contributed by atoms with Gasteiger partial charge in [0.05, 0.1) is 16.0 Å². The van der Waals surface area contributed by atoms with Gasteiger partial charge >= 0.3 is 0 Å². The largest absolute Gasteiger partial charge is 0.463 e. The second kappa shape index (κ2) is 7.77. The molecule has 1 amide bonds. The first kappa shape index (κ1) is 18.1. The Kier molecular flexibility index (Phi) is 5.03. The Labute approximate surface area is 164 Å². The molecule has 8 heteroatoms. The predicted octanol–water partition coefficient (Wildman–Crippen LogP) is 2.78. The van der Waals surface area contributed by atoms with Crippen molar-refractivity contribution in [2.24, 2.45) is 0 Å². The van der Waals surface area contributed by atoms with E-state index >= 15 is 0 Å². The first-order valence-electron chi connectivity index (χ1n) is 8.84. The van der Waals surface area contributed by atoms with Crippen LogP contribution in [0.3, 0.4) is 0 Å². The van der Waals surface area contributed by atoms with Gasteiger partial charge in [0.15, 0.2) is 11.3 Å². The van der Waals surface area contributed by atoms with Crippen LogP contribution in [0.15, 0.2) is 57.9 Å². The van der Waals surface area contributed by atoms with Crippen LogP contribution in [0.2, 0.25) is 0 Å². The van der Waals surface area contributed by atoms with E-state index in [9.17, 15) is 9.59 Å². The zero-order valence-electron chi connectivity index (χ0n) is 15.2. The number of thiazole rings is 1. The molecule has 0 aliphatic carbocycles. The minimum atomic E-state index is -0.382. The average Bonchev–Trinajstić information content (AvgIpc) is 3.35. The number of aryl methyl sites for hydroxylation is 1. The molecule has 142 valence electrons. The molecule has 0 atom stereocenters. The summed E-state index contributed by atoms with van der Waals surface area (Å²) in [7, 11) is 0. The monoisotopic (exact) mass is 394 g/mol. The highest BCUT2D eigenvalue weighted by Gasteiger charge is 2.19. The van der Waals surface area contributed by atoms with Gasteiger partial charge in [0.25, 0.3) is 5.56 Å². The zero-order chi connectivity index (χ0) is 19.5. The molecule has 0 aliphatic heterocycles. The number of fused-ring (bicyclic) bond motifs is 1. The normalized spacial score (nSPS) is 11.0. The van der Waals surface area contributed by atoms with Crippen molar-refractivity contribution in [1.29, 1.82) is 0 Å². The number of carbonyl (C=O) groups excluding carboxylic acids is 1. The van der Waals surface area contributed by atoms with Gasteiger partial charge in [-0.2, -0.15) is 5.10 Å². The minimum absolute atomic E-state index is 0.173. The first-order valence-corrected chi connectivity index (χ1v) is 9.66. The molecule has 0 saturated heterocycles. The standard InChI is InChI=1S/C20H18N4O3S/c1-13-22-18-19(28-13)17(15-8-5-11-27-15)23-24(20(18)26)12-16(25)21-10-9-14-6-3-2-4-7-14/h2-8,11H,9-10,12H2,1H3,(H,21,25). The van der Waals surface area contributed by atoms with Gasteiger partial charge in [-0.1, -0.05) is 30.3 Å². The molecule has 0 fully saturated rings. The van der Waals surface area contributed by atoms with E-state index in [1.165, 1.54) is 11.3 Å². The maximum absolute atomic E-state index is 12.7. The SMILES string of the molecule is Cc1nc2c(=O)n(CC(=O)NCCc3ccccc3)nc(-c3ccco3)c2s1. The Morgan fingerprint density at radius 1 is 1.21 bits per heavy atom. The molecule has 0 spiro atoms. The highest BCUT2D eigenvalue weighted by Crippen LogP contribution is 2.29. The van der Waals surface area contributed by atoms with E-state index in [1.54, 1.807) is 18.4 Å². The van der Waals surface area contributed by atoms with Crippen molar-refractivity contribution in [2.75, 3.05) is 6.54 Å². The third-order valence-corrected chi connectivity index (χ3v) is 5.21. The lowest BCUT2D eigenvalue weighted by Gasteiger charge is -2.08. The van der Waals surface area contributed by atoms with E-state index in [0.29, 0.717) is 28.2 Å². The van der Waals surface area contributed by atoms with Gasteiger partial charge in [0.1, 0.15) is 12.2 Å². The Balaban J connectivity index is 1.55. The van der Waals surface area contributed by atoms with Crippen LogP contribution in [0.4, 0.5) is 0 Å². The number of hydrogen-bond donors (Lipinski definition) is 1. The quantitative estimate of drug-likeness (QED) is 0.543. The fraction of sp³-hybridized carbons (Fsp3) is 0.200. The lowest BCUT2D eigenvalue weighted by Crippen LogP contribution is -2.34. The van der Waals surface area contributed by atoms with Gasteiger partial charge in [0.2, 0.25) is 5.91 Å². The van der Waals surface area contributed by atoms with Crippen LogP contribution < -0.4 is 10.9 Å². The van der Waals surface area contributed by atoms with Gasteiger partial charge in [0, 0.05) is 6.54 Å². The number of nitrogens with one attached hydrogen (secondary N) is 1. The van der Waals surface area contributed by atoms with Crippen LogP contribution in [0, 0.1) is 6.92 Å². The van der Waals surface area contributed by atoms with Gasteiger partial charge < -0.3 is 9.73 Å². The van der Waals surface area contributed by atoms with Crippen LogP contribution >= 0.6 is 11.3 Å². The van der Waals surface area contributed by atoms with E-state index in [2.05, 4.69) is 15.4 Å². The summed E-state index contributed by atoms with van der Waals surface area (Å²) in [6.45, 7) is 2.14. The molecule has 3 heterocycles. The van der Waals surface area contributed by atoms with Gasteiger partial charge in [-0.05, 0) is 31.0 Å². The molecular formula is C20H18N4O3S. The van der Waals surface area contributed by atoms with E-state index in [-0.39, 0.29) is 18.0 Å². The summed E-state index contributed by atoms with van der Waals surface area (Å²) in [6.07, 6.45) is 2.26. The summed E-state index contributed by atoms with van der Waals surface area (Å²) >= 11 is 1.38. The van der Waals surface area contributed by atoms with Crippen molar-refractivity contribution in [3.8, 4) is 11.5 Å². The molecule has 0 radical (unpaired) electrons. The molecule has 0 saturated carbocycles. The van der Waals surface area contributed by atoms with Crippen molar-refractivity contribution in [3.05, 3.63) is 69.7 Å². The maximum atomic E-state index is 12.7. The molecule has 0 unspecified atom stereocenters. The molecule has 7 nitrogen and oxygen atoms in total. The summed E-state index contributed by atoms with van der Waals surface area (Å²) in [4.78, 5) is 29.4. The van der Waals surface area contributed by atoms with Gasteiger partial charge in [-0.3, -0.25) is 9.59 Å². The number of furan rings is 1. The van der Waals surface area contributed by atoms with Gasteiger partial charge in [-0.15, -0.1) is 11.3 Å². The molecule has 1 N–H and O–H groups in total. The van der Waals surface area contributed by atoms with E-state index < -0.39 is 0 Å². The number of benzene rings is 1. The van der Waals surface area contributed by atoms with E-state index in [4.69, 9.17) is 4.42 Å².